The number of imidazole rings is 1. The number of nitroso groups, excluding NO2 is 1. The van der Waals surface area contributed by atoms with Crippen LogP contribution in [0.2, 0.25) is 0 Å². The van der Waals surface area contributed by atoms with Crippen molar-refractivity contribution in [3.05, 3.63) is 23.1 Å². The van der Waals surface area contributed by atoms with Crippen LogP contribution in [0.1, 0.15) is 33.5 Å². The lowest BCUT2D eigenvalue weighted by Crippen LogP contribution is -2.33. The summed E-state index contributed by atoms with van der Waals surface area (Å²) in [5.41, 5.74) is 0.110. The minimum Gasteiger partial charge on any atom is -0.338 e. The lowest BCUT2D eigenvalue weighted by Gasteiger charge is -2.26. The molecule has 0 N–H and O–H groups in total. The van der Waals surface area contributed by atoms with Gasteiger partial charge in [-0.25, -0.2) is 9.13 Å². The number of nitrogens with zero attached hydrogens (tertiary/aromatic N) is 3. The Morgan fingerprint density at radius 2 is 2.18 bits per heavy atom. The Kier molecular flexibility index (Phi) is 4.40. The normalized spacial score (nSPS) is 13.7. The van der Waals surface area contributed by atoms with Gasteiger partial charge in [-0.2, -0.15) is 4.91 Å². The number of aryl methyl sites for hydroxylation is 1. The third kappa shape index (κ3) is 3.63. The van der Waals surface area contributed by atoms with Gasteiger partial charge in [-0.05, 0) is 12.3 Å². The van der Waals surface area contributed by atoms with Gasteiger partial charge in [0.15, 0.2) is 13.3 Å². The summed E-state index contributed by atoms with van der Waals surface area (Å²) in [5.74, 6) is 0.848. The summed E-state index contributed by atoms with van der Waals surface area (Å²) in [4.78, 5) is 10.4. The number of hydrogen-bond donors (Lipinski definition) is 0. The van der Waals surface area contributed by atoms with Gasteiger partial charge in [-0.3, -0.25) is 0 Å². The van der Waals surface area contributed by atoms with Crippen LogP contribution in [0.25, 0.3) is 0 Å². The fourth-order valence-electron chi connectivity index (χ4n) is 1.37. The molecular weight excluding hydrogens is 218 g/mol. The quantitative estimate of drug-likeness (QED) is 0.583. The van der Waals surface area contributed by atoms with Crippen LogP contribution >= 0.6 is 0 Å². The predicted octanol–water partition coefficient (Wildman–Crippen LogP) is 1.99. The van der Waals surface area contributed by atoms with Gasteiger partial charge in [-0.15, -0.1) is 0 Å². The van der Waals surface area contributed by atoms with Gasteiger partial charge in [0, 0.05) is 0 Å². The average Bonchev–Trinajstić information content (AvgIpc) is 2.56. The highest BCUT2D eigenvalue weighted by molar-refractivity contribution is 4.82. The summed E-state index contributed by atoms with van der Waals surface area (Å²) < 4.78 is 9.59. The fraction of sp³-hybridized carbons (Fsp3) is 0.750. The maximum absolute atomic E-state index is 10.4. The van der Waals surface area contributed by atoms with E-state index in [1.54, 1.807) is 0 Å². The Morgan fingerprint density at radius 1 is 1.53 bits per heavy atom. The first kappa shape index (κ1) is 13.8. The van der Waals surface area contributed by atoms with Crippen molar-refractivity contribution >= 4 is 0 Å². The first-order chi connectivity index (χ1) is 7.86. The maximum atomic E-state index is 10.4. The third-order valence-corrected chi connectivity index (χ3v) is 3.10. The zero-order valence-electron chi connectivity index (χ0n) is 11.3. The van der Waals surface area contributed by atoms with Gasteiger partial charge >= 0.3 is 0 Å². The van der Waals surface area contributed by atoms with Crippen molar-refractivity contribution in [2.75, 3.05) is 0 Å². The van der Waals surface area contributed by atoms with E-state index in [0.29, 0.717) is 6.73 Å². The fourth-order valence-corrected chi connectivity index (χ4v) is 1.37. The summed E-state index contributed by atoms with van der Waals surface area (Å²) in [6, 6.07) is 0. The van der Waals surface area contributed by atoms with Crippen molar-refractivity contribution < 1.29 is 9.30 Å². The molecule has 0 bridgehead atoms. The van der Waals surface area contributed by atoms with Crippen LogP contribution in [-0.2, 0) is 25.1 Å². The molecule has 1 atom stereocenters. The van der Waals surface area contributed by atoms with Crippen LogP contribution in [0.4, 0.5) is 0 Å². The average molecular weight is 240 g/mol. The smallest absolute Gasteiger partial charge is 0.283 e. The van der Waals surface area contributed by atoms with Crippen molar-refractivity contribution in [3.63, 3.8) is 0 Å². The Labute approximate surface area is 102 Å². The molecule has 0 aliphatic rings. The molecule has 1 unspecified atom stereocenters. The molecule has 0 fully saturated rings. The van der Waals surface area contributed by atoms with E-state index < -0.39 is 0 Å². The summed E-state index contributed by atoms with van der Waals surface area (Å²) in [7, 11) is 1.89. The number of aromatic nitrogens is 2. The Hall–Kier alpha value is -1.23. The van der Waals surface area contributed by atoms with Crippen LogP contribution < -0.4 is 4.57 Å². The molecule has 1 rings (SSSR count). The van der Waals surface area contributed by atoms with Crippen molar-refractivity contribution in [1.82, 2.24) is 4.57 Å². The lowest BCUT2D eigenvalue weighted by molar-refractivity contribution is -0.679. The second kappa shape index (κ2) is 5.40. The van der Waals surface area contributed by atoms with Crippen molar-refractivity contribution in [2.45, 2.75) is 47.1 Å². The first-order valence-corrected chi connectivity index (χ1v) is 5.80. The second-order valence-electron chi connectivity index (χ2n) is 5.39. The highest BCUT2D eigenvalue weighted by Gasteiger charge is 2.22. The standard InChI is InChI=1S/C12H22N3O2/c1-10(12(2,3)4)17-9-15-7-6-14(5)11(15)8-13-16/h6-7,10H,8-9H2,1-5H3/q+1. The summed E-state index contributed by atoms with van der Waals surface area (Å²) in [6.45, 7) is 9.09. The van der Waals surface area contributed by atoms with Crippen LogP contribution in [0.15, 0.2) is 17.6 Å². The Morgan fingerprint density at radius 3 is 2.71 bits per heavy atom. The van der Waals surface area contributed by atoms with E-state index in [1.807, 2.05) is 28.6 Å². The monoisotopic (exact) mass is 240 g/mol. The van der Waals surface area contributed by atoms with E-state index in [4.69, 9.17) is 4.74 Å². The molecule has 0 saturated heterocycles. The predicted molar refractivity (Wildman–Crippen MR) is 65.1 cm³/mol. The minimum absolute atomic E-state index is 0.110. The van der Waals surface area contributed by atoms with E-state index in [1.165, 1.54) is 0 Å². The molecular formula is C12H22N3O2+. The Bertz CT molecular complexity index is 380. The number of rotatable bonds is 5. The molecule has 0 aliphatic heterocycles. The van der Waals surface area contributed by atoms with Gasteiger partial charge in [0.05, 0.1) is 13.2 Å². The lowest BCUT2D eigenvalue weighted by atomic mass is 9.90. The molecule has 96 valence electrons. The zero-order chi connectivity index (χ0) is 13.1. The highest BCUT2D eigenvalue weighted by Crippen LogP contribution is 2.21. The van der Waals surface area contributed by atoms with E-state index in [9.17, 15) is 4.91 Å². The van der Waals surface area contributed by atoms with E-state index in [-0.39, 0.29) is 18.1 Å². The van der Waals surface area contributed by atoms with Gasteiger partial charge in [0.1, 0.15) is 12.4 Å². The molecule has 0 radical (unpaired) electrons. The van der Waals surface area contributed by atoms with Gasteiger partial charge < -0.3 is 4.74 Å². The van der Waals surface area contributed by atoms with E-state index >= 15 is 0 Å². The van der Waals surface area contributed by atoms with Gasteiger partial charge in [0.2, 0.25) is 0 Å². The maximum Gasteiger partial charge on any atom is 0.283 e. The zero-order valence-corrected chi connectivity index (χ0v) is 11.3. The molecule has 0 aromatic carbocycles. The van der Waals surface area contributed by atoms with Gasteiger partial charge in [0.25, 0.3) is 5.82 Å². The topological polar surface area (TPSA) is 47.5 Å². The van der Waals surface area contributed by atoms with Gasteiger partial charge in [-0.1, -0.05) is 25.9 Å². The molecule has 1 heterocycles. The third-order valence-electron chi connectivity index (χ3n) is 3.10. The molecule has 1 aromatic heterocycles. The van der Waals surface area contributed by atoms with Crippen LogP contribution in [0.5, 0.6) is 0 Å². The summed E-state index contributed by atoms with van der Waals surface area (Å²) in [6.07, 6.45) is 3.94. The second-order valence-corrected chi connectivity index (χ2v) is 5.39. The van der Waals surface area contributed by atoms with Crippen molar-refractivity contribution in [3.8, 4) is 0 Å². The molecule has 5 nitrogen and oxygen atoms in total. The van der Waals surface area contributed by atoms with Crippen LogP contribution in [0, 0.1) is 10.3 Å². The first-order valence-electron chi connectivity index (χ1n) is 5.80. The molecule has 0 amide bonds. The summed E-state index contributed by atoms with van der Waals surface area (Å²) >= 11 is 0. The molecule has 0 aliphatic carbocycles. The molecule has 0 saturated carbocycles. The van der Waals surface area contributed by atoms with E-state index in [2.05, 4.69) is 32.9 Å². The molecule has 0 spiro atoms. The number of hydrogen-bond acceptors (Lipinski definition) is 3. The molecule has 17 heavy (non-hydrogen) atoms. The molecule has 5 heteroatoms. The number of ether oxygens (including phenoxy) is 1. The Balaban J connectivity index is 2.66. The molecule has 1 aromatic rings. The minimum atomic E-state index is 0.110. The summed E-state index contributed by atoms with van der Waals surface area (Å²) in [5, 5.41) is 2.93. The van der Waals surface area contributed by atoms with Crippen molar-refractivity contribution in [1.29, 1.82) is 0 Å². The van der Waals surface area contributed by atoms with E-state index in [0.717, 1.165) is 5.82 Å². The van der Waals surface area contributed by atoms with Crippen LogP contribution in [0.3, 0.4) is 0 Å². The largest absolute Gasteiger partial charge is 0.338 e. The van der Waals surface area contributed by atoms with Crippen molar-refractivity contribution in [2.24, 2.45) is 17.6 Å². The SMILES string of the molecule is CC(OCn1cc[n+](C)c1CN=O)C(C)(C)C. The van der Waals surface area contributed by atoms with Crippen LogP contribution in [-0.4, -0.2) is 10.7 Å². The highest BCUT2D eigenvalue weighted by atomic mass is 16.5.